The van der Waals surface area contributed by atoms with Crippen molar-refractivity contribution in [2.45, 2.75) is 11.8 Å². The summed E-state index contributed by atoms with van der Waals surface area (Å²) in [7, 11) is 0. The van der Waals surface area contributed by atoms with Crippen molar-refractivity contribution in [1.29, 1.82) is 5.26 Å². The first-order valence-corrected chi connectivity index (χ1v) is 4.28. The molecule has 0 heterocycles. The second-order valence-corrected chi connectivity index (χ2v) is 3.23. The topological polar surface area (TPSA) is 40.9 Å². The second kappa shape index (κ2) is 4.64. The fourth-order valence-electron chi connectivity index (χ4n) is 1.04. The molecule has 0 bridgehead atoms. The number of nitrogens with zero attached hydrogens (tertiary/aromatic N) is 1. The zero-order chi connectivity index (χ0) is 9.68. The molecule has 0 N–H and O–H groups in total. The number of alkyl halides is 1. The number of hydrogen-bond acceptors (Lipinski definition) is 2. The van der Waals surface area contributed by atoms with E-state index in [1.54, 1.807) is 18.2 Å². The SMILES string of the molecule is N#Cc1cccc(CC(Cl)C=O)c1. The van der Waals surface area contributed by atoms with E-state index in [1.807, 2.05) is 12.1 Å². The fraction of sp³-hybridized carbons (Fsp3) is 0.200. The Morgan fingerprint density at radius 1 is 1.62 bits per heavy atom. The van der Waals surface area contributed by atoms with Crippen LogP contribution in [0.15, 0.2) is 24.3 Å². The van der Waals surface area contributed by atoms with E-state index in [0.717, 1.165) is 5.56 Å². The van der Waals surface area contributed by atoms with Gasteiger partial charge in [-0.1, -0.05) is 12.1 Å². The summed E-state index contributed by atoms with van der Waals surface area (Å²) >= 11 is 5.64. The molecule has 1 aromatic carbocycles. The fourth-order valence-corrected chi connectivity index (χ4v) is 1.22. The van der Waals surface area contributed by atoms with Crippen molar-refractivity contribution in [3.8, 4) is 6.07 Å². The molecule has 0 aromatic heterocycles. The smallest absolute Gasteiger partial charge is 0.138 e. The first-order valence-electron chi connectivity index (χ1n) is 3.84. The average molecular weight is 194 g/mol. The molecule has 1 aromatic rings. The lowest BCUT2D eigenvalue weighted by Crippen LogP contribution is -2.04. The number of hydrogen-bond donors (Lipinski definition) is 0. The Bertz CT molecular complexity index is 343. The molecule has 0 saturated heterocycles. The third-order valence-corrected chi connectivity index (χ3v) is 1.89. The lowest BCUT2D eigenvalue weighted by molar-refractivity contribution is -0.107. The molecule has 0 aliphatic heterocycles. The maximum absolute atomic E-state index is 10.3. The zero-order valence-corrected chi connectivity index (χ0v) is 7.66. The van der Waals surface area contributed by atoms with E-state index in [-0.39, 0.29) is 0 Å². The Morgan fingerprint density at radius 2 is 2.38 bits per heavy atom. The van der Waals surface area contributed by atoms with E-state index in [2.05, 4.69) is 0 Å². The minimum Gasteiger partial charge on any atom is -0.302 e. The predicted octanol–water partition coefficient (Wildman–Crippen LogP) is 1.91. The quantitative estimate of drug-likeness (QED) is 0.544. The Labute approximate surface area is 81.7 Å². The summed E-state index contributed by atoms with van der Waals surface area (Å²) in [6.45, 7) is 0. The molecule has 2 nitrogen and oxygen atoms in total. The number of carbonyl (C=O) groups is 1. The minimum absolute atomic E-state index is 0.473. The molecule has 1 rings (SSSR count). The molecule has 0 fully saturated rings. The summed E-state index contributed by atoms with van der Waals surface area (Å²) in [5.74, 6) is 0. The Balaban J connectivity index is 2.78. The maximum atomic E-state index is 10.3. The van der Waals surface area contributed by atoms with Gasteiger partial charge >= 0.3 is 0 Å². The summed E-state index contributed by atoms with van der Waals surface area (Å²) in [6.07, 6.45) is 1.17. The number of nitriles is 1. The van der Waals surface area contributed by atoms with E-state index in [9.17, 15) is 4.79 Å². The van der Waals surface area contributed by atoms with Gasteiger partial charge in [0.05, 0.1) is 17.0 Å². The van der Waals surface area contributed by atoms with Crippen molar-refractivity contribution in [3.63, 3.8) is 0 Å². The van der Waals surface area contributed by atoms with Gasteiger partial charge in [0, 0.05) is 0 Å². The van der Waals surface area contributed by atoms with Gasteiger partial charge in [0.1, 0.15) is 6.29 Å². The molecule has 0 spiro atoms. The predicted molar refractivity (Wildman–Crippen MR) is 50.6 cm³/mol. The van der Waals surface area contributed by atoms with Gasteiger partial charge in [0.25, 0.3) is 0 Å². The number of benzene rings is 1. The highest BCUT2D eigenvalue weighted by atomic mass is 35.5. The van der Waals surface area contributed by atoms with Crippen LogP contribution in [0.3, 0.4) is 0 Å². The molecule has 0 amide bonds. The Morgan fingerprint density at radius 3 is 3.00 bits per heavy atom. The molecule has 0 aliphatic carbocycles. The van der Waals surface area contributed by atoms with Crippen molar-refractivity contribution in [3.05, 3.63) is 35.4 Å². The van der Waals surface area contributed by atoms with E-state index in [4.69, 9.17) is 16.9 Å². The monoisotopic (exact) mass is 193 g/mol. The average Bonchev–Trinajstić information content (AvgIpc) is 2.18. The van der Waals surface area contributed by atoms with Crippen molar-refractivity contribution in [2.24, 2.45) is 0 Å². The van der Waals surface area contributed by atoms with Crippen LogP contribution < -0.4 is 0 Å². The van der Waals surface area contributed by atoms with Crippen LogP contribution in [-0.4, -0.2) is 11.7 Å². The summed E-state index contributed by atoms with van der Waals surface area (Å²) in [5.41, 5.74) is 1.50. The molecule has 1 unspecified atom stereocenters. The van der Waals surface area contributed by atoms with Crippen LogP contribution in [0.25, 0.3) is 0 Å². The summed E-state index contributed by atoms with van der Waals surface area (Å²) in [4.78, 5) is 10.3. The number of carbonyl (C=O) groups excluding carboxylic acids is 1. The number of aldehydes is 1. The van der Waals surface area contributed by atoms with Crippen LogP contribution in [0.1, 0.15) is 11.1 Å². The molecule has 13 heavy (non-hydrogen) atoms. The highest BCUT2D eigenvalue weighted by Crippen LogP contribution is 2.08. The van der Waals surface area contributed by atoms with Gasteiger partial charge in [0.15, 0.2) is 0 Å². The van der Waals surface area contributed by atoms with Crippen LogP contribution in [-0.2, 0) is 11.2 Å². The van der Waals surface area contributed by atoms with Gasteiger partial charge < -0.3 is 4.79 Å². The lowest BCUT2D eigenvalue weighted by Gasteiger charge is -2.01. The van der Waals surface area contributed by atoms with Gasteiger partial charge in [-0.3, -0.25) is 0 Å². The Kier molecular flexibility index (Phi) is 3.48. The lowest BCUT2D eigenvalue weighted by atomic mass is 10.1. The first kappa shape index (κ1) is 9.76. The third kappa shape index (κ3) is 2.89. The highest BCUT2D eigenvalue weighted by molar-refractivity contribution is 6.27. The van der Waals surface area contributed by atoms with Gasteiger partial charge in [-0.25, -0.2) is 0 Å². The zero-order valence-electron chi connectivity index (χ0n) is 6.90. The van der Waals surface area contributed by atoms with E-state index < -0.39 is 5.38 Å². The van der Waals surface area contributed by atoms with Gasteiger partial charge in [0.2, 0.25) is 0 Å². The third-order valence-electron chi connectivity index (χ3n) is 1.63. The summed E-state index contributed by atoms with van der Waals surface area (Å²) < 4.78 is 0. The minimum atomic E-state index is -0.506. The van der Waals surface area contributed by atoms with Crippen LogP contribution in [0.2, 0.25) is 0 Å². The number of rotatable bonds is 3. The van der Waals surface area contributed by atoms with E-state index in [0.29, 0.717) is 18.3 Å². The molecule has 0 radical (unpaired) electrons. The van der Waals surface area contributed by atoms with Crippen LogP contribution in [0, 0.1) is 11.3 Å². The summed E-state index contributed by atoms with van der Waals surface area (Å²) in [5, 5.41) is 8.10. The molecule has 0 saturated carbocycles. The van der Waals surface area contributed by atoms with Gasteiger partial charge in [-0.2, -0.15) is 5.26 Å². The Hall–Kier alpha value is -1.33. The largest absolute Gasteiger partial charge is 0.302 e. The standard InChI is InChI=1S/C10H8ClNO/c11-10(7-13)5-8-2-1-3-9(4-8)6-12/h1-4,7,10H,5H2. The molecule has 3 heteroatoms. The van der Waals surface area contributed by atoms with Crippen molar-refractivity contribution < 1.29 is 4.79 Å². The molecule has 66 valence electrons. The molecular formula is C10H8ClNO. The highest BCUT2D eigenvalue weighted by Gasteiger charge is 2.03. The van der Waals surface area contributed by atoms with Crippen molar-refractivity contribution >= 4 is 17.9 Å². The van der Waals surface area contributed by atoms with Crippen molar-refractivity contribution in [1.82, 2.24) is 0 Å². The van der Waals surface area contributed by atoms with Crippen LogP contribution in [0.5, 0.6) is 0 Å². The van der Waals surface area contributed by atoms with E-state index >= 15 is 0 Å². The number of halogens is 1. The van der Waals surface area contributed by atoms with Crippen molar-refractivity contribution in [2.75, 3.05) is 0 Å². The first-order chi connectivity index (χ1) is 6.26. The molecular weight excluding hydrogens is 186 g/mol. The van der Waals surface area contributed by atoms with Crippen LogP contribution >= 0.6 is 11.6 Å². The summed E-state index contributed by atoms with van der Waals surface area (Å²) in [6, 6.07) is 9.11. The molecule has 1 atom stereocenters. The maximum Gasteiger partial charge on any atom is 0.138 e. The second-order valence-electron chi connectivity index (χ2n) is 2.67. The normalized spacial score (nSPS) is 11.7. The van der Waals surface area contributed by atoms with Crippen LogP contribution in [0.4, 0.5) is 0 Å². The van der Waals surface area contributed by atoms with E-state index in [1.165, 1.54) is 0 Å². The van der Waals surface area contributed by atoms with Gasteiger partial charge in [-0.15, -0.1) is 11.6 Å². The van der Waals surface area contributed by atoms with Gasteiger partial charge in [-0.05, 0) is 24.1 Å². The molecule has 0 aliphatic rings.